The van der Waals surface area contributed by atoms with Gasteiger partial charge >= 0.3 is 0 Å². The van der Waals surface area contributed by atoms with Gasteiger partial charge in [0, 0.05) is 19.2 Å². The zero-order chi connectivity index (χ0) is 11.1. The van der Waals surface area contributed by atoms with Gasteiger partial charge < -0.3 is 4.90 Å². The minimum atomic E-state index is -2.61. The Balaban J connectivity index is 2.21. The molecular formula is C9H10BrF2N3. The smallest absolute Gasteiger partial charge is 0.267 e. The summed E-state index contributed by atoms with van der Waals surface area (Å²) >= 11 is 3.27. The molecule has 1 fully saturated rings. The molecule has 0 aliphatic carbocycles. The quantitative estimate of drug-likeness (QED) is 0.789. The van der Waals surface area contributed by atoms with Gasteiger partial charge in [-0.25, -0.2) is 18.7 Å². The molecule has 82 valence electrons. The number of anilines is 1. The summed E-state index contributed by atoms with van der Waals surface area (Å²) in [5.41, 5.74) is 0.759. The van der Waals surface area contributed by atoms with Gasteiger partial charge in [0.1, 0.15) is 0 Å². The van der Waals surface area contributed by atoms with Crippen LogP contribution in [0.4, 0.5) is 14.7 Å². The largest absolute Gasteiger partial charge is 0.335 e. The molecule has 1 aliphatic heterocycles. The Bertz CT molecular complexity index is 384. The lowest BCUT2D eigenvalue weighted by atomic mass is 10.3. The summed E-state index contributed by atoms with van der Waals surface area (Å²) in [7, 11) is 0. The van der Waals surface area contributed by atoms with Crippen LogP contribution in [0.3, 0.4) is 0 Å². The third kappa shape index (κ3) is 2.25. The van der Waals surface area contributed by atoms with Crippen molar-refractivity contribution in [3.8, 4) is 0 Å². The van der Waals surface area contributed by atoms with E-state index in [0.717, 1.165) is 10.2 Å². The second kappa shape index (κ2) is 3.66. The minimum Gasteiger partial charge on any atom is -0.335 e. The van der Waals surface area contributed by atoms with E-state index in [9.17, 15) is 8.78 Å². The second-order valence-corrected chi connectivity index (χ2v) is 4.49. The van der Waals surface area contributed by atoms with Gasteiger partial charge in [0.05, 0.1) is 16.7 Å². The molecule has 2 heterocycles. The SMILES string of the molecule is Cc1nc(N2CCC(F)(F)C2)ncc1Br. The van der Waals surface area contributed by atoms with Gasteiger partial charge in [0.2, 0.25) is 5.95 Å². The van der Waals surface area contributed by atoms with E-state index in [0.29, 0.717) is 12.5 Å². The van der Waals surface area contributed by atoms with Crippen LogP contribution in [0.25, 0.3) is 0 Å². The van der Waals surface area contributed by atoms with Gasteiger partial charge in [-0.05, 0) is 22.9 Å². The first-order chi connectivity index (χ1) is 6.98. The first-order valence-corrected chi connectivity index (χ1v) is 5.39. The molecule has 0 atom stereocenters. The lowest BCUT2D eigenvalue weighted by Gasteiger charge is -2.16. The highest BCUT2D eigenvalue weighted by Gasteiger charge is 2.39. The summed E-state index contributed by atoms with van der Waals surface area (Å²) in [5.74, 6) is -2.22. The summed E-state index contributed by atoms with van der Waals surface area (Å²) < 4.78 is 26.7. The summed E-state index contributed by atoms with van der Waals surface area (Å²) in [6, 6.07) is 0. The van der Waals surface area contributed by atoms with Gasteiger partial charge in [-0.2, -0.15) is 0 Å². The predicted octanol–water partition coefficient (Wildman–Crippen LogP) is 2.39. The number of alkyl halides is 2. The normalized spacial score (nSPS) is 19.6. The molecule has 0 spiro atoms. The highest BCUT2D eigenvalue weighted by atomic mass is 79.9. The van der Waals surface area contributed by atoms with Crippen LogP contribution in [-0.2, 0) is 0 Å². The number of aromatic nitrogens is 2. The van der Waals surface area contributed by atoms with Crippen molar-refractivity contribution >= 4 is 21.9 Å². The average Bonchev–Trinajstić information content (AvgIpc) is 2.51. The molecule has 1 saturated heterocycles. The van der Waals surface area contributed by atoms with E-state index in [1.807, 2.05) is 6.92 Å². The van der Waals surface area contributed by atoms with Crippen molar-refractivity contribution in [2.45, 2.75) is 19.3 Å². The topological polar surface area (TPSA) is 29.0 Å². The monoisotopic (exact) mass is 277 g/mol. The summed E-state index contributed by atoms with van der Waals surface area (Å²) in [4.78, 5) is 9.69. The van der Waals surface area contributed by atoms with Crippen LogP contribution < -0.4 is 4.90 Å². The Labute approximate surface area is 94.6 Å². The third-order valence-electron chi connectivity index (χ3n) is 2.36. The van der Waals surface area contributed by atoms with Crippen LogP contribution in [-0.4, -0.2) is 29.0 Å². The average molecular weight is 278 g/mol. The number of hydrogen-bond acceptors (Lipinski definition) is 3. The molecule has 1 aromatic rings. The lowest BCUT2D eigenvalue weighted by Crippen LogP contribution is -2.26. The molecule has 0 N–H and O–H groups in total. The van der Waals surface area contributed by atoms with Crippen molar-refractivity contribution < 1.29 is 8.78 Å². The van der Waals surface area contributed by atoms with Crippen LogP contribution in [0, 0.1) is 6.92 Å². The molecule has 2 rings (SSSR count). The fourth-order valence-corrected chi connectivity index (χ4v) is 1.69. The Kier molecular flexibility index (Phi) is 2.62. The number of hydrogen-bond donors (Lipinski definition) is 0. The number of aryl methyl sites for hydroxylation is 1. The molecule has 15 heavy (non-hydrogen) atoms. The molecule has 6 heteroatoms. The highest BCUT2D eigenvalue weighted by Crippen LogP contribution is 2.29. The summed E-state index contributed by atoms with van der Waals surface area (Å²) in [5, 5.41) is 0. The molecule has 1 aliphatic rings. The van der Waals surface area contributed by atoms with Gasteiger partial charge in [0.15, 0.2) is 0 Å². The third-order valence-corrected chi connectivity index (χ3v) is 3.14. The van der Waals surface area contributed by atoms with E-state index in [1.54, 1.807) is 6.20 Å². The maximum Gasteiger partial charge on any atom is 0.267 e. The first-order valence-electron chi connectivity index (χ1n) is 4.60. The maximum absolute atomic E-state index is 13.0. The molecule has 0 unspecified atom stereocenters. The fraction of sp³-hybridized carbons (Fsp3) is 0.556. The Morgan fingerprint density at radius 2 is 2.27 bits per heavy atom. The number of halogens is 3. The van der Waals surface area contributed by atoms with E-state index in [4.69, 9.17) is 0 Å². The zero-order valence-corrected chi connectivity index (χ0v) is 9.76. The lowest BCUT2D eigenvalue weighted by molar-refractivity contribution is 0.0256. The van der Waals surface area contributed by atoms with Gasteiger partial charge in [-0.15, -0.1) is 0 Å². The first kappa shape index (κ1) is 10.7. The van der Waals surface area contributed by atoms with Crippen molar-refractivity contribution in [3.63, 3.8) is 0 Å². The fourth-order valence-electron chi connectivity index (χ4n) is 1.50. The van der Waals surface area contributed by atoms with E-state index < -0.39 is 5.92 Å². The van der Waals surface area contributed by atoms with E-state index in [1.165, 1.54) is 4.90 Å². The van der Waals surface area contributed by atoms with Crippen molar-refractivity contribution in [1.29, 1.82) is 0 Å². The number of rotatable bonds is 1. The predicted molar refractivity (Wildman–Crippen MR) is 56.2 cm³/mol. The van der Waals surface area contributed by atoms with Crippen LogP contribution in [0.1, 0.15) is 12.1 Å². The second-order valence-electron chi connectivity index (χ2n) is 3.63. The molecule has 0 saturated carbocycles. The molecule has 0 amide bonds. The van der Waals surface area contributed by atoms with E-state index in [2.05, 4.69) is 25.9 Å². The van der Waals surface area contributed by atoms with Crippen LogP contribution in [0.5, 0.6) is 0 Å². The van der Waals surface area contributed by atoms with Gasteiger partial charge in [-0.1, -0.05) is 0 Å². The van der Waals surface area contributed by atoms with Crippen LogP contribution >= 0.6 is 15.9 Å². The Morgan fingerprint density at radius 3 is 2.80 bits per heavy atom. The van der Waals surface area contributed by atoms with Gasteiger partial charge in [-0.3, -0.25) is 0 Å². The molecule has 0 aromatic carbocycles. The Hall–Kier alpha value is -0.780. The van der Waals surface area contributed by atoms with Crippen molar-refractivity contribution in [3.05, 3.63) is 16.4 Å². The van der Waals surface area contributed by atoms with Crippen LogP contribution in [0.15, 0.2) is 10.7 Å². The van der Waals surface area contributed by atoms with E-state index >= 15 is 0 Å². The number of nitrogens with zero attached hydrogens (tertiary/aromatic N) is 3. The summed E-state index contributed by atoms with van der Waals surface area (Å²) in [6.45, 7) is 1.84. The summed E-state index contributed by atoms with van der Waals surface area (Å²) in [6.07, 6.45) is 1.47. The van der Waals surface area contributed by atoms with Crippen molar-refractivity contribution in [2.24, 2.45) is 0 Å². The van der Waals surface area contributed by atoms with Crippen LogP contribution in [0.2, 0.25) is 0 Å². The molecular weight excluding hydrogens is 268 g/mol. The van der Waals surface area contributed by atoms with Crippen molar-refractivity contribution in [2.75, 3.05) is 18.0 Å². The zero-order valence-electron chi connectivity index (χ0n) is 8.17. The molecule has 1 aromatic heterocycles. The molecule has 0 radical (unpaired) electrons. The molecule has 0 bridgehead atoms. The minimum absolute atomic E-state index is 0.120. The van der Waals surface area contributed by atoms with E-state index in [-0.39, 0.29) is 13.0 Å². The standard InChI is InChI=1S/C9H10BrF2N3/c1-6-7(10)4-13-8(14-6)15-3-2-9(11,12)5-15/h4H,2-3,5H2,1H3. The Morgan fingerprint density at radius 1 is 1.53 bits per heavy atom. The maximum atomic E-state index is 13.0. The van der Waals surface area contributed by atoms with Crippen molar-refractivity contribution in [1.82, 2.24) is 9.97 Å². The highest BCUT2D eigenvalue weighted by molar-refractivity contribution is 9.10. The molecule has 3 nitrogen and oxygen atoms in total. The van der Waals surface area contributed by atoms with Gasteiger partial charge in [0.25, 0.3) is 5.92 Å².